The molecule has 0 atom stereocenters. The summed E-state index contributed by atoms with van der Waals surface area (Å²) in [5.41, 5.74) is 8.75. The molecular formula is C37H21N3O. The Labute approximate surface area is 234 Å². The fraction of sp³-hybridized carbons (Fsp3) is 0. The average molecular weight is 524 g/mol. The number of aromatic nitrogens is 2. The van der Waals surface area contributed by atoms with Crippen molar-refractivity contribution in [2.75, 3.05) is 0 Å². The molecule has 0 saturated carbocycles. The van der Waals surface area contributed by atoms with E-state index in [0.717, 1.165) is 66.2 Å². The highest BCUT2D eigenvalue weighted by molar-refractivity contribution is 6.15. The Morgan fingerprint density at radius 1 is 0.439 bits per heavy atom. The second kappa shape index (κ2) is 8.11. The van der Waals surface area contributed by atoms with Gasteiger partial charge in [0, 0.05) is 32.3 Å². The van der Waals surface area contributed by atoms with Crippen LogP contribution in [0.4, 0.5) is 0 Å². The van der Waals surface area contributed by atoms with Gasteiger partial charge in [-0.1, -0.05) is 78.9 Å². The number of hydrogen-bond acceptors (Lipinski definition) is 2. The quantitative estimate of drug-likeness (QED) is 0.226. The summed E-state index contributed by atoms with van der Waals surface area (Å²) < 4.78 is 11.5. The van der Waals surface area contributed by atoms with Gasteiger partial charge in [0.25, 0.3) is 0 Å². The Bertz CT molecular complexity index is 2500. The fourth-order valence-corrected chi connectivity index (χ4v) is 6.63. The molecular weight excluding hydrogens is 502 g/mol. The summed E-state index contributed by atoms with van der Waals surface area (Å²) in [5.74, 6) is 0. The second-order valence-corrected chi connectivity index (χ2v) is 10.5. The largest absolute Gasteiger partial charge is 0.452 e. The normalized spacial score (nSPS) is 11.9. The zero-order valence-electron chi connectivity index (χ0n) is 21.9. The van der Waals surface area contributed by atoms with E-state index in [9.17, 15) is 5.26 Å². The molecule has 0 aliphatic carbocycles. The molecule has 3 heterocycles. The van der Waals surface area contributed by atoms with Crippen molar-refractivity contribution in [1.29, 1.82) is 5.26 Å². The molecule has 6 aromatic carbocycles. The van der Waals surface area contributed by atoms with E-state index in [-0.39, 0.29) is 0 Å². The van der Waals surface area contributed by atoms with Gasteiger partial charge in [0.2, 0.25) is 0 Å². The Morgan fingerprint density at radius 2 is 0.878 bits per heavy atom. The lowest BCUT2D eigenvalue weighted by molar-refractivity contribution is 0.664. The summed E-state index contributed by atoms with van der Waals surface area (Å²) in [5, 5.41) is 16.3. The number of rotatable bonds is 2. The van der Waals surface area contributed by atoms with Crippen LogP contribution in [0.3, 0.4) is 0 Å². The minimum Gasteiger partial charge on any atom is -0.452 e. The summed E-state index contributed by atoms with van der Waals surface area (Å²) >= 11 is 0. The average Bonchev–Trinajstić information content (AvgIpc) is 3.69. The summed E-state index contributed by atoms with van der Waals surface area (Å²) in [4.78, 5) is 0. The second-order valence-electron chi connectivity index (χ2n) is 10.5. The molecule has 0 spiro atoms. The molecule has 0 N–H and O–H groups in total. The predicted molar refractivity (Wildman–Crippen MR) is 167 cm³/mol. The van der Waals surface area contributed by atoms with Crippen LogP contribution in [-0.2, 0) is 0 Å². The van der Waals surface area contributed by atoms with E-state index in [0.29, 0.717) is 5.56 Å². The van der Waals surface area contributed by atoms with Crippen molar-refractivity contribution in [2.24, 2.45) is 0 Å². The predicted octanol–water partition coefficient (Wildman–Crippen LogP) is 9.65. The molecule has 9 aromatic rings. The van der Waals surface area contributed by atoms with Crippen molar-refractivity contribution >= 4 is 65.6 Å². The summed E-state index contributed by atoms with van der Waals surface area (Å²) in [7, 11) is 0. The van der Waals surface area contributed by atoms with Crippen molar-refractivity contribution in [3.05, 3.63) is 133 Å². The number of nitrogens with zero attached hydrogens (tertiary/aromatic N) is 3. The third kappa shape index (κ3) is 2.92. The molecule has 4 nitrogen and oxygen atoms in total. The van der Waals surface area contributed by atoms with Crippen LogP contribution in [0.15, 0.2) is 132 Å². The van der Waals surface area contributed by atoms with Crippen LogP contribution in [0.25, 0.3) is 76.9 Å². The maximum Gasteiger partial charge on any atom is 0.159 e. The Kier molecular flexibility index (Phi) is 4.37. The van der Waals surface area contributed by atoms with Crippen LogP contribution in [0, 0.1) is 11.3 Å². The van der Waals surface area contributed by atoms with Gasteiger partial charge in [-0.25, -0.2) is 0 Å². The number of para-hydroxylation sites is 5. The van der Waals surface area contributed by atoms with Crippen LogP contribution in [-0.4, -0.2) is 9.13 Å². The van der Waals surface area contributed by atoms with Crippen molar-refractivity contribution < 1.29 is 4.42 Å². The molecule has 9 rings (SSSR count). The van der Waals surface area contributed by atoms with Crippen molar-refractivity contribution in [3.63, 3.8) is 0 Å². The molecule has 0 aliphatic heterocycles. The SMILES string of the molecule is N#Cc1ccc2c(c1)c1ccccc1n2-c1cccc2c1oc1c(-n3c4ccccc4c4ccccc43)cccc12. The molecule has 0 fully saturated rings. The summed E-state index contributed by atoms with van der Waals surface area (Å²) in [6.07, 6.45) is 0. The van der Waals surface area contributed by atoms with Crippen molar-refractivity contribution in [1.82, 2.24) is 9.13 Å². The lowest BCUT2D eigenvalue weighted by atomic mass is 10.1. The van der Waals surface area contributed by atoms with E-state index >= 15 is 0 Å². The van der Waals surface area contributed by atoms with Gasteiger partial charge in [0.1, 0.15) is 0 Å². The minimum atomic E-state index is 0.651. The summed E-state index contributed by atoms with van der Waals surface area (Å²) in [6.45, 7) is 0. The topological polar surface area (TPSA) is 46.8 Å². The maximum atomic E-state index is 9.58. The zero-order valence-corrected chi connectivity index (χ0v) is 21.9. The smallest absolute Gasteiger partial charge is 0.159 e. The van der Waals surface area contributed by atoms with Crippen molar-refractivity contribution in [2.45, 2.75) is 0 Å². The van der Waals surface area contributed by atoms with Gasteiger partial charge in [-0.2, -0.15) is 5.26 Å². The minimum absolute atomic E-state index is 0.651. The molecule has 41 heavy (non-hydrogen) atoms. The van der Waals surface area contributed by atoms with Crippen LogP contribution in [0.5, 0.6) is 0 Å². The number of hydrogen-bond donors (Lipinski definition) is 0. The lowest BCUT2D eigenvalue weighted by Crippen LogP contribution is -1.94. The summed E-state index contributed by atoms with van der Waals surface area (Å²) in [6, 6.07) is 46.4. The Morgan fingerprint density at radius 3 is 1.39 bits per heavy atom. The fourth-order valence-electron chi connectivity index (χ4n) is 6.63. The van der Waals surface area contributed by atoms with Crippen LogP contribution >= 0.6 is 0 Å². The molecule has 3 aromatic heterocycles. The lowest BCUT2D eigenvalue weighted by Gasteiger charge is -2.09. The van der Waals surface area contributed by atoms with Crippen LogP contribution < -0.4 is 0 Å². The van der Waals surface area contributed by atoms with Crippen LogP contribution in [0.2, 0.25) is 0 Å². The molecule has 0 saturated heterocycles. The van der Waals surface area contributed by atoms with E-state index in [2.05, 4.69) is 118 Å². The van der Waals surface area contributed by atoms with Crippen molar-refractivity contribution in [3.8, 4) is 17.4 Å². The van der Waals surface area contributed by atoms with Gasteiger partial charge in [0.15, 0.2) is 11.2 Å². The number of furan rings is 1. The highest BCUT2D eigenvalue weighted by Gasteiger charge is 2.21. The first-order valence-corrected chi connectivity index (χ1v) is 13.7. The Balaban J connectivity index is 1.40. The van der Waals surface area contributed by atoms with E-state index in [1.807, 2.05) is 24.3 Å². The molecule has 0 amide bonds. The molecule has 0 bridgehead atoms. The van der Waals surface area contributed by atoms with Crippen LogP contribution in [0.1, 0.15) is 5.56 Å². The third-order valence-corrected chi connectivity index (χ3v) is 8.35. The number of fused-ring (bicyclic) bond motifs is 9. The van der Waals surface area contributed by atoms with Gasteiger partial charge in [-0.15, -0.1) is 0 Å². The number of benzene rings is 6. The standard InChI is InChI=1S/C37H21N3O/c38-22-23-19-20-33-29(21-23)26-11-3-6-16-32(26)40(33)35-18-8-13-28-27-12-7-17-34(36(27)41-37(28)35)39-30-14-4-1-9-24(30)25-10-2-5-15-31(25)39/h1-21H. The number of nitriles is 1. The Hall–Kier alpha value is -5.79. The highest BCUT2D eigenvalue weighted by atomic mass is 16.3. The monoisotopic (exact) mass is 523 g/mol. The molecule has 190 valence electrons. The zero-order chi connectivity index (χ0) is 27.1. The van der Waals surface area contributed by atoms with E-state index in [4.69, 9.17) is 4.42 Å². The molecule has 4 heteroatoms. The first-order chi connectivity index (χ1) is 20.3. The molecule has 0 radical (unpaired) electrons. The van der Waals surface area contributed by atoms with Gasteiger partial charge >= 0.3 is 0 Å². The van der Waals surface area contributed by atoms with E-state index in [1.54, 1.807) is 0 Å². The van der Waals surface area contributed by atoms with E-state index < -0.39 is 0 Å². The van der Waals surface area contributed by atoms with Gasteiger partial charge in [-0.05, 0) is 48.5 Å². The molecule has 0 unspecified atom stereocenters. The first-order valence-electron chi connectivity index (χ1n) is 13.7. The van der Waals surface area contributed by atoms with Gasteiger partial charge in [-0.3, -0.25) is 0 Å². The van der Waals surface area contributed by atoms with Gasteiger partial charge < -0.3 is 13.6 Å². The van der Waals surface area contributed by atoms with E-state index in [1.165, 1.54) is 10.8 Å². The highest BCUT2D eigenvalue weighted by Crippen LogP contribution is 2.41. The first kappa shape index (κ1) is 22.1. The van der Waals surface area contributed by atoms with Gasteiger partial charge in [0.05, 0.1) is 45.1 Å². The maximum absolute atomic E-state index is 9.58. The third-order valence-electron chi connectivity index (χ3n) is 8.35. The molecule has 0 aliphatic rings.